The molecule has 1 aromatic rings. The monoisotopic (exact) mass is 262 g/mol. The van der Waals surface area contributed by atoms with Gasteiger partial charge in [0.25, 0.3) is 10.0 Å². The number of thiocarbonyl (C=S) groups is 1. The summed E-state index contributed by atoms with van der Waals surface area (Å²) in [6.07, 6.45) is 1.48. The van der Waals surface area contributed by atoms with E-state index in [1.54, 1.807) is 11.5 Å². The summed E-state index contributed by atoms with van der Waals surface area (Å²) in [6, 6.07) is 0. The quantitative estimate of drug-likeness (QED) is 0.716. The number of hydrogen-bond acceptors (Lipinski definition) is 4. The summed E-state index contributed by atoms with van der Waals surface area (Å²) >= 11 is 4.59. The molecule has 0 amide bonds. The van der Waals surface area contributed by atoms with Gasteiger partial charge in [0.1, 0.15) is 5.82 Å². The number of rotatable bonds is 5. The Morgan fingerprint density at radius 3 is 2.75 bits per heavy atom. The molecule has 1 aromatic heterocycles. The SMILES string of the molecule is CCn1cc(S(=O)(=O)NCC(N)=S)nc1C. The first-order valence-corrected chi connectivity index (χ1v) is 6.57. The summed E-state index contributed by atoms with van der Waals surface area (Å²) in [7, 11) is -3.62. The Morgan fingerprint density at radius 1 is 1.69 bits per heavy atom. The van der Waals surface area contributed by atoms with Crippen molar-refractivity contribution in [3.05, 3.63) is 12.0 Å². The van der Waals surface area contributed by atoms with Crippen molar-refractivity contribution in [3.63, 3.8) is 0 Å². The van der Waals surface area contributed by atoms with E-state index < -0.39 is 10.0 Å². The molecule has 1 rings (SSSR count). The molecule has 0 bridgehead atoms. The second kappa shape index (κ2) is 4.89. The van der Waals surface area contributed by atoms with Gasteiger partial charge in [0, 0.05) is 12.7 Å². The van der Waals surface area contributed by atoms with Crippen molar-refractivity contribution < 1.29 is 8.42 Å². The zero-order valence-electron chi connectivity index (χ0n) is 9.10. The number of nitrogens with zero attached hydrogens (tertiary/aromatic N) is 2. The van der Waals surface area contributed by atoms with Crippen LogP contribution in [-0.2, 0) is 16.6 Å². The highest BCUT2D eigenvalue weighted by molar-refractivity contribution is 7.89. The van der Waals surface area contributed by atoms with Gasteiger partial charge in [0.2, 0.25) is 0 Å². The first-order valence-electron chi connectivity index (χ1n) is 4.68. The Kier molecular flexibility index (Phi) is 4.00. The third kappa shape index (κ3) is 3.00. The van der Waals surface area contributed by atoms with Crippen LogP contribution in [0.4, 0.5) is 0 Å². The van der Waals surface area contributed by atoms with Crippen LogP contribution in [0.2, 0.25) is 0 Å². The van der Waals surface area contributed by atoms with Gasteiger partial charge in [-0.2, -0.15) is 0 Å². The maximum atomic E-state index is 11.7. The molecule has 0 aliphatic carbocycles. The van der Waals surface area contributed by atoms with Gasteiger partial charge < -0.3 is 10.3 Å². The van der Waals surface area contributed by atoms with Gasteiger partial charge in [0.15, 0.2) is 5.03 Å². The molecule has 90 valence electrons. The third-order valence-corrected chi connectivity index (χ3v) is 3.42. The van der Waals surface area contributed by atoms with Gasteiger partial charge in [-0.05, 0) is 13.8 Å². The van der Waals surface area contributed by atoms with Crippen molar-refractivity contribution in [3.8, 4) is 0 Å². The van der Waals surface area contributed by atoms with Crippen LogP contribution in [0.15, 0.2) is 11.2 Å². The van der Waals surface area contributed by atoms with Crippen molar-refractivity contribution in [2.75, 3.05) is 6.54 Å². The van der Waals surface area contributed by atoms with Crippen LogP contribution in [0.5, 0.6) is 0 Å². The molecule has 1 heterocycles. The first-order chi connectivity index (χ1) is 7.36. The lowest BCUT2D eigenvalue weighted by molar-refractivity contribution is 0.583. The van der Waals surface area contributed by atoms with Crippen LogP contribution in [0.3, 0.4) is 0 Å². The summed E-state index contributed by atoms with van der Waals surface area (Å²) in [4.78, 5) is 4.05. The zero-order chi connectivity index (χ0) is 12.3. The second-order valence-corrected chi connectivity index (χ2v) is 5.44. The van der Waals surface area contributed by atoms with Crippen molar-refractivity contribution >= 4 is 27.2 Å². The minimum absolute atomic E-state index is 0.0110. The number of aromatic nitrogens is 2. The number of imidazole rings is 1. The van der Waals surface area contributed by atoms with Crippen LogP contribution in [0.1, 0.15) is 12.7 Å². The minimum Gasteiger partial charge on any atom is -0.392 e. The molecule has 0 aliphatic heterocycles. The normalized spacial score (nSPS) is 11.6. The van der Waals surface area contributed by atoms with E-state index in [0.717, 1.165) is 0 Å². The predicted octanol–water partition coefficient (Wildman–Crippen LogP) is -0.224. The Morgan fingerprint density at radius 2 is 2.31 bits per heavy atom. The summed E-state index contributed by atoms with van der Waals surface area (Å²) < 4.78 is 27.4. The topological polar surface area (TPSA) is 90.0 Å². The number of sulfonamides is 1. The van der Waals surface area contributed by atoms with E-state index in [0.29, 0.717) is 12.4 Å². The number of nitrogens with one attached hydrogen (secondary N) is 1. The van der Waals surface area contributed by atoms with Crippen LogP contribution in [-0.4, -0.2) is 29.5 Å². The van der Waals surface area contributed by atoms with Crippen LogP contribution >= 0.6 is 12.2 Å². The molecule has 0 saturated carbocycles. The van der Waals surface area contributed by atoms with Crippen molar-refractivity contribution in [2.45, 2.75) is 25.4 Å². The first kappa shape index (κ1) is 13.1. The number of hydrogen-bond donors (Lipinski definition) is 2. The van der Waals surface area contributed by atoms with Crippen molar-refractivity contribution in [2.24, 2.45) is 5.73 Å². The van der Waals surface area contributed by atoms with Gasteiger partial charge >= 0.3 is 0 Å². The van der Waals surface area contributed by atoms with E-state index in [1.807, 2.05) is 6.92 Å². The van der Waals surface area contributed by atoms with E-state index in [1.165, 1.54) is 6.20 Å². The lowest BCUT2D eigenvalue weighted by atomic mass is 10.6. The Labute approximate surface area is 99.9 Å². The zero-order valence-corrected chi connectivity index (χ0v) is 10.7. The van der Waals surface area contributed by atoms with Crippen LogP contribution in [0.25, 0.3) is 0 Å². The van der Waals surface area contributed by atoms with E-state index in [4.69, 9.17) is 5.73 Å². The van der Waals surface area contributed by atoms with E-state index in [2.05, 4.69) is 21.9 Å². The smallest absolute Gasteiger partial charge is 0.259 e. The molecule has 0 unspecified atom stereocenters. The Hall–Kier alpha value is -0.990. The minimum atomic E-state index is -3.62. The molecule has 0 aliphatic rings. The molecule has 16 heavy (non-hydrogen) atoms. The van der Waals surface area contributed by atoms with E-state index in [-0.39, 0.29) is 16.6 Å². The third-order valence-electron chi connectivity index (χ3n) is 2.01. The summed E-state index contributed by atoms with van der Waals surface area (Å²) in [5.74, 6) is 0.651. The molecule has 0 fully saturated rings. The second-order valence-electron chi connectivity index (χ2n) is 3.20. The lowest BCUT2D eigenvalue weighted by Gasteiger charge is -2.01. The Balaban J connectivity index is 2.94. The predicted molar refractivity (Wildman–Crippen MR) is 64.6 cm³/mol. The largest absolute Gasteiger partial charge is 0.392 e. The summed E-state index contributed by atoms with van der Waals surface area (Å²) in [5, 5.41) is -0.0110. The fraction of sp³-hybridized carbons (Fsp3) is 0.500. The molecular formula is C8H14N4O2S2. The van der Waals surface area contributed by atoms with E-state index in [9.17, 15) is 8.42 Å². The lowest BCUT2D eigenvalue weighted by Crippen LogP contribution is -2.32. The molecular weight excluding hydrogens is 248 g/mol. The van der Waals surface area contributed by atoms with Gasteiger partial charge in [-0.25, -0.2) is 18.1 Å². The average Bonchev–Trinajstić information content (AvgIpc) is 2.57. The fourth-order valence-electron chi connectivity index (χ4n) is 1.17. The van der Waals surface area contributed by atoms with Crippen LogP contribution in [0, 0.1) is 6.92 Å². The molecule has 0 atom stereocenters. The molecule has 0 spiro atoms. The molecule has 0 radical (unpaired) electrons. The van der Waals surface area contributed by atoms with Crippen molar-refractivity contribution in [1.29, 1.82) is 0 Å². The molecule has 0 saturated heterocycles. The molecule has 8 heteroatoms. The van der Waals surface area contributed by atoms with Gasteiger partial charge in [-0.1, -0.05) is 12.2 Å². The standard InChI is InChI=1S/C8H14N4O2S2/c1-3-12-5-8(11-6(12)2)16(13,14)10-4-7(9)15/h5,10H,3-4H2,1-2H3,(H2,9,15). The highest BCUT2D eigenvalue weighted by Gasteiger charge is 2.18. The Bertz CT molecular complexity index is 492. The number of nitrogens with two attached hydrogens (primary N) is 1. The van der Waals surface area contributed by atoms with Crippen LogP contribution < -0.4 is 10.5 Å². The fourth-order valence-corrected chi connectivity index (χ4v) is 2.34. The van der Waals surface area contributed by atoms with Gasteiger partial charge in [-0.15, -0.1) is 0 Å². The molecule has 3 N–H and O–H groups in total. The van der Waals surface area contributed by atoms with Gasteiger partial charge in [-0.3, -0.25) is 0 Å². The molecule has 0 aromatic carbocycles. The number of aryl methyl sites for hydroxylation is 2. The molecule has 6 nitrogen and oxygen atoms in total. The maximum absolute atomic E-state index is 11.7. The summed E-state index contributed by atoms with van der Waals surface area (Å²) in [6.45, 7) is 4.27. The van der Waals surface area contributed by atoms with E-state index >= 15 is 0 Å². The highest BCUT2D eigenvalue weighted by Crippen LogP contribution is 2.08. The average molecular weight is 262 g/mol. The van der Waals surface area contributed by atoms with Crippen molar-refractivity contribution in [1.82, 2.24) is 14.3 Å². The maximum Gasteiger partial charge on any atom is 0.259 e. The van der Waals surface area contributed by atoms with Gasteiger partial charge in [0.05, 0.1) is 11.5 Å². The highest BCUT2D eigenvalue weighted by atomic mass is 32.2. The summed E-state index contributed by atoms with van der Waals surface area (Å²) in [5.41, 5.74) is 5.22.